The molecule has 0 radical (unpaired) electrons. The SMILES string of the molecule is CC1SC(=S)N(CCCCCC(=O)Nc2ccccc2F)C1=O. The fourth-order valence-corrected chi connectivity index (χ4v) is 3.74. The van der Waals surface area contributed by atoms with Crippen LogP contribution in [-0.2, 0) is 9.59 Å². The number of unbranched alkanes of at least 4 members (excludes halogenated alkanes) is 2. The van der Waals surface area contributed by atoms with Gasteiger partial charge in [-0.15, -0.1) is 0 Å². The topological polar surface area (TPSA) is 49.4 Å². The molecule has 1 atom stereocenters. The van der Waals surface area contributed by atoms with E-state index in [0.29, 0.717) is 23.7 Å². The molecule has 0 aliphatic carbocycles. The summed E-state index contributed by atoms with van der Waals surface area (Å²) in [6.07, 6.45) is 2.64. The number of halogens is 1. The van der Waals surface area contributed by atoms with Gasteiger partial charge in [0.2, 0.25) is 11.8 Å². The van der Waals surface area contributed by atoms with E-state index in [2.05, 4.69) is 5.32 Å². The van der Waals surface area contributed by atoms with Gasteiger partial charge in [0.05, 0.1) is 10.9 Å². The number of carbonyl (C=O) groups excluding carboxylic acids is 2. The van der Waals surface area contributed by atoms with Crippen LogP contribution < -0.4 is 5.32 Å². The number of anilines is 1. The predicted octanol–water partition coefficient (Wildman–Crippen LogP) is 3.57. The number of hydrogen-bond acceptors (Lipinski definition) is 4. The van der Waals surface area contributed by atoms with Crippen molar-refractivity contribution in [2.45, 2.75) is 37.9 Å². The fraction of sp³-hybridized carbons (Fsp3) is 0.438. The van der Waals surface area contributed by atoms with Gasteiger partial charge in [0, 0.05) is 13.0 Å². The first-order chi connectivity index (χ1) is 11.0. The minimum atomic E-state index is -0.437. The highest BCUT2D eigenvalue weighted by atomic mass is 32.2. The van der Waals surface area contributed by atoms with Crippen molar-refractivity contribution in [1.82, 2.24) is 4.90 Å². The lowest BCUT2D eigenvalue weighted by Crippen LogP contribution is -2.31. The summed E-state index contributed by atoms with van der Waals surface area (Å²) in [5.74, 6) is -0.571. The molecule has 23 heavy (non-hydrogen) atoms. The molecule has 0 bridgehead atoms. The summed E-state index contributed by atoms with van der Waals surface area (Å²) in [5.41, 5.74) is 0.205. The lowest BCUT2D eigenvalue weighted by Gasteiger charge is -2.14. The molecule has 1 saturated heterocycles. The van der Waals surface area contributed by atoms with Gasteiger partial charge in [-0.3, -0.25) is 14.5 Å². The average molecular weight is 354 g/mol. The maximum atomic E-state index is 13.4. The Labute approximate surface area is 144 Å². The summed E-state index contributed by atoms with van der Waals surface area (Å²) in [7, 11) is 0. The van der Waals surface area contributed by atoms with Crippen molar-refractivity contribution in [3.63, 3.8) is 0 Å². The molecule has 1 N–H and O–H groups in total. The number of rotatable bonds is 7. The van der Waals surface area contributed by atoms with Gasteiger partial charge in [-0.05, 0) is 31.9 Å². The summed E-state index contributed by atoms with van der Waals surface area (Å²) >= 11 is 6.58. The van der Waals surface area contributed by atoms with Crippen molar-refractivity contribution in [2.75, 3.05) is 11.9 Å². The molecule has 1 aliphatic heterocycles. The zero-order valence-corrected chi connectivity index (χ0v) is 14.5. The predicted molar refractivity (Wildman–Crippen MR) is 94.9 cm³/mol. The minimum Gasteiger partial charge on any atom is -0.324 e. The van der Waals surface area contributed by atoms with Crippen LogP contribution in [0.4, 0.5) is 10.1 Å². The Kier molecular flexibility index (Phi) is 6.53. The quantitative estimate of drug-likeness (QED) is 0.601. The van der Waals surface area contributed by atoms with Gasteiger partial charge in [-0.25, -0.2) is 4.39 Å². The number of thiocarbonyl (C=S) groups is 1. The van der Waals surface area contributed by atoms with Gasteiger partial charge >= 0.3 is 0 Å². The summed E-state index contributed by atoms with van der Waals surface area (Å²) in [5, 5.41) is 2.47. The second-order valence-corrected chi connectivity index (χ2v) is 7.33. The van der Waals surface area contributed by atoms with Gasteiger partial charge in [0.1, 0.15) is 10.1 Å². The molecular formula is C16H19FN2O2S2. The first kappa shape index (κ1) is 17.9. The Bertz CT molecular complexity index is 609. The molecule has 1 aromatic carbocycles. The summed E-state index contributed by atoms with van der Waals surface area (Å²) < 4.78 is 14.0. The maximum Gasteiger partial charge on any atom is 0.241 e. The van der Waals surface area contributed by atoms with Gasteiger partial charge in [0.15, 0.2) is 0 Å². The van der Waals surface area contributed by atoms with E-state index >= 15 is 0 Å². The van der Waals surface area contributed by atoms with Crippen molar-refractivity contribution < 1.29 is 14.0 Å². The molecule has 1 unspecified atom stereocenters. The molecule has 1 heterocycles. The first-order valence-electron chi connectivity index (χ1n) is 7.55. The Morgan fingerprint density at radius 3 is 2.74 bits per heavy atom. The van der Waals surface area contributed by atoms with E-state index in [1.807, 2.05) is 6.92 Å². The highest BCUT2D eigenvalue weighted by molar-refractivity contribution is 8.24. The van der Waals surface area contributed by atoms with E-state index in [0.717, 1.165) is 12.8 Å². The Morgan fingerprint density at radius 2 is 2.09 bits per heavy atom. The number of carbonyl (C=O) groups is 2. The molecule has 1 aromatic rings. The Morgan fingerprint density at radius 1 is 1.35 bits per heavy atom. The van der Waals surface area contributed by atoms with E-state index in [4.69, 9.17) is 12.2 Å². The number of para-hydroxylation sites is 1. The summed E-state index contributed by atoms with van der Waals surface area (Å²) in [6, 6.07) is 6.10. The van der Waals surface area contributed by atoms with Crippen LogP contribution in [0.5, 0.6) is 0 Å². The normalized spacial score (nSPS) is 17.7. The zero-order valence-electron chi connectivity index (χ0n) is 12.9. The number of nitrogens with zero attached hydrogens (tertiary/aromatic N) is 1. The first-order valence-corrected chi connectivity index (χ1v) is 8.84. The molecule has 124 valence electrons. The molecular weight excluding hydrogens is 335 g/mol. The summed E-state index contributed by atoms with van der Waals surface area (Å²) in [6.45, 7) is 2.45. The third-order valence-electron chi connectivity index (χ3n) is 3.55. The van der Waals surface area contributed by atoms with Crippen molar-refractivity contribution in [2.24, 2.45) is 0 Å². The monoisotopic (exact) mass is 354 g/mol. The van der Waals surface area contributed by atoms with Crippen molar-refractivity contribution in [1.29, 1.82) is 0 Å². The van der Waals surface area contributed by atoms with Crippen LogP contribution in [0.2, 0.25) is 0 Å². The minimum absolute atomic E-state index is 0.0669. The number of amides is 2. The lowest BCUT2D eigenvalue weighted by molar-refractivity contribution is -0.125. The van der Waals surface area contributed by atoms with Crippen LogP contribution in [0.25, 0.3) is 0 Å². The molecule has 1 aliphatic rings. The zero-order chi connectivity index (χ0) is 16.8. The van der Waals surface area contributed by atoms with E-state index in [1.54, 1.807) is 17.0 Å². The van der Waals surface area contributed by atoms with Crippen LogP contribution in [0.3, 0.4) is 0 Å². The van der Waals surface area contributed by atoms with Crippen LogP contribution in [0.1, 0.15) is 32.6 Å². The van der Waals surface area contributed by atoms with Gasteiger partial charge in [0.25, 0.3) is 0 Å². The molecule has 2 amide bonds. The number of thioether (sulfide) groups is 1. The lowest BCUT2D eigenvalue weighted by atomic mass is 10.1. The van der Waals surface area contributed by atoms with Crippen molar-refractivity contribution >= 4 is 45.8 Å². The van der Waals surface area contributed by atoms with E-state index in [1.165, 1.54) is 23.9 Å². The molecule has 0 spiro atoms. The maximum absolute atomic E-state index is 13.4. The Balaban J connectivity index is 1.64. The van der Waals surface area contributed by atoms with E-state index in [9.17, 15) is 14.0 Å². The largest absolute Gasteiger partial charge is 0.324 e. The standard InChI is InChI=1S/C16H19FN2O2S2/c1-11-15(21)19(16(22)23-11)10-6-2-3-9-14(20)18-13-8-5-4-7-12(13)17/h4-5,7-8,11H,2-3,6,9-10H2,1H3,(H,18,20). The van der Waals surface area contributed by atoms with Crippen LogP contribution in [-0.4, -0.2) is 32.8 Å². The van der Waals surface area contributed by atoms with Gasteiger partial charge in [-0.1, -0.05) is 42.5 Å². The van der Waals surface area contributed by atoms with E-state index in [-0.39, 0.29) is 22.8 Å². The van der Waals surface area contributed by atoms with Crippen molar-refractivity contribution in [3.05, 3.63) is 30.1 Å². The summed E-state index contributed by atoms with van der Waals surface area (Å²) in [4.78, 5) is 25.2. The second-order valence-electron chi connectivity index (χ2n) is 5.35. The molecule has 0 aromatic heterocycles. The smallest absolute Gasteiger partial charge is 0.241 e. The molecule has 0 saturated carbocycles. The van der Waals surface area contributed by atoms with Gasteiger partial charge in [-0.2, -0.15) is 0 Å². The third-order valence-corrected chi connectivity index (χ3v) is 5.03. The highest BCUT2D eigenvalue weighted by Crippen LogP contribution is 2.27. The molecule has 1 fully saturated rings. The second kappa shape index (κ2) is 8.40. The molecule has 7 heteroatoms. The molecule has 2 rings (SSSR count). The van der Waals surface area contributed by atoms with E-state index < -0.39 is 5.82 Å². The number of benzene rings is 1. The number of hydrogen-bond donors (Lipinski definition) is 1. The third kappa shape index (κ3) is 5.00. The van der Waals surface area contributed by atoms with Crippen molar-refractivity contribution in [3.8, 4) is 0 Å². The Hall–Kier alpha value is -1.47. The highest BCUT2D eigenvalue weighted by Gasteiger charge is 2.32. The fourth-order valence-electron chi connectivity index (χ4n) is 2.28. The number of nitrogens with one attached hydrogen (secondary N) is 1. The van der Waals surface area contributed by atoms with Gasteiger partial charge < -0.3 is 5.32 Å². The molecule has 4 nitrogen and oxygen atoms in total. The van der Waals surface area contributed by atoms with Crippen LogP contribution >= 0.6 is 24.0 Å². The average Bonchev–Trinajstić information content (AvgIpc) is 2.75. The van der Waals surface area contributed by atoms with Crippen LogP contribution in [0.15, 0.2) is 24.3 Å². The van der Waals surface area contributed by atoms with Crippen LogP contribution in [0, 0.1) is 5.82 Å².